The summed E-state index contributed by atoms with van der Waals surface area (Å²) in [6.07, 6.45) is 19.1. The highest BCUT2D eigenvalue weighted by Crippen LogP contribution is 2.70. The first kappa shape index (κ1) is 47.3. The van der Waals surface area contributed by atoms with Crippen molar-refractivity contribution in [1.29, 1.82) is 0 Å². The van der Waals surface area contributed by atoms with E-state index in [1.165, 1.54) is 0 Å². The fraction of sp³-hybridized carbons (Fsp3) is 0.925. The van der Waals surface area contributed by atoms with Crippen LogP contribution >= 0.6 is 0 Å². The summed E-state index contributed by atoms with van der Waals surface area (Å²) in [6.45, 7) is 14.4. The second-order valence-electron chi connectivity index (χ2n) is 24.8. The van der Waals surface area contributed by atoms with Crippen molar-refractivity contribution in [2.24, 2.45) is 92.7 Å². The lowest BCUT2D eigenvalue weighted by Gasteiger charge is -2.62. The van der Waals surface area contributed by atoms with Gasteiger partial charge in [0.15, 0.2) is 0 Å². The second kappa shape index (κ2) is 18.1. The predicted molar refractivity (Wildman–Crippen MR) is 243 cm³/mol. The summed E-state index contributed by atoms with van der Waals surface area (Å²) in [5.74, 6) is 3.77. The van der Waals surface area contributed by atoms with Crippen molar-refractivity contribution in [3.8, 4) is 0 Å². The molecule has 0 radical (unpaired) electrons. The minimum absolute atomic E-state index is 0.0270. The van der Waals surface area contributed by atoms with Crippen LogP contribution < -0.4 is 10.6 Å². The number of aliphatic hydroxyl groups is 2. The molecule has 6 unspecified atom stereocenters. The molecule has 8 saturated carbocycles. The first-order chi connectivity index (χ1) is 29.8. The maximum Gasteiger partial charge on any atom is 0.303 e. The van der Waals surface area contributed by atoms with Gasteiger partial charge in [0.1, 0.15) is 0 Å². The zero-order valence-corrected chi connectivity index (χ0v) is 39.9. The van der Waals surface area contributed by atoms with Crippen LogP contribution in [0.3, 0.4) is 0 Å². The molecule has 0 aromatic carbocycles. The van der Waals surface area contributed by atoms with E-state index in [2.05, 4.69) is 52.2 Å². The Bertz CT molecular complexity index is 1590. The van der Waals surface area contributed by atoms with Crippen molar-refractivity contribution < 1.29 is 39.6 Å². The molecule has 10 heteroatoms. The summed E-state index contributed by atoms with van der Waals surface area (Å²) in [5, 5.41) is 49.1. The average molecular weight is 879 g/mol. The van der Waals surface area contributed by atoms with E-state index in [1.807, 2.05) is 0 Å². The van der Waals surface area contributed by atoms with Crippen molar-refractivity contribution in [2.75, 3.05) is 0 Å². The number of carboxylic acid groups (broad SMARTS) is 2. The summed E-state index contributed by atoms with van der Waals surface area (Å²) < 4.78 is 0. The molecule has 0 aromatic heterocycles. The van der Waals surface area contributed by atoms with Gasteiger partial charge in [-0.2, -0.15) is 0 Å². The van der Waals surface area contributed by atoms with Gasteiger partial charge in [-0.25, -0.2) is 0 Å². The summed E-state index contributed by atoms with van der Waals surface area (Å²) in [4.78, 5) is 49.3. The molecule has 0 bridgehead atoms. The highest BCUT2D eigenvalue weighted by Gasteiger charge is 2.65. The van der Waals surface area contributed by atoms with Gasteiger partial charge in [0, 0.05) is 37.8 Å². The molecule has 0 saturated heterocycles. The van der Waals surface area contributed by atoms with Crippen LogP contribution in [-0.2, 0) is 19.2 Å². The molecule has 0 heterocycles. The predicted octanol–water partition coefficient (Wildman–Crippen LogP) is 9.39. The topological polar surface area (TPSA) is 173 Å². The lowest BCUT2D eigenvalue weighted by Crippen LogP contribution is -2.59. The number of hydrogen-bond donors (Lipinski definition) is 6. The molecule has 8 rings (SSSR count). The van der Waals surface area contributed by atoms with Crippen LogP contribution in [0.1, 0.15) is 189 Å². The highest BCUT2D eigenvalue weighted by atomic mass is 16.4. The third-order valence-corrected chi connectivity index (χ3v) is 22.1. The minimum Gasteiger partial charge on any atom is -0.481 e. The highest BCUT2D eigenvalue weighted by molar-refractivity contribution is 5.79. The normalized spacial score (nSPS) is 47.3. The molecule has 2 amide bonds. The molecule has 0 aromatic rings. The Morgan fingerprint density at radius 1 is 0.508 bits per heavy atom. The quantitative estimate of drug-likeness (QED) is 0.100. The van der Waals surface area contributed by atoms with Crippen LogP contribution in [0.5, 0.6) is 0 Å². The third kappa shape index (κ3) is 8.67. The largest absolute Gasteiger partial charge is 0.481 e. The van der Waals surface area contributed by atoms with E-state index in [0.29, 0.717) is 90.3 Å². The Hall–Kier alpha value is -2.20. The Morgan fingerprint density at radius 2 is 0.873 bits per heavy atom. The fourth-order valence-electron chi connectivity index (χ4n) is 18.8. The van der Waals surface area contributed by atoms with Gasteiger partial charge in [0.05, 0.1) is 12.2 Å². The number of aliphatic hydroxyl groups excluding tert-OH is 2. The van der Waals surface area contributed by atoms with Gasteiger partial charge in [0.2, 0.25) is 11.8 Å². The fourth-order valence-corrected chi connectivity index (χ4v) is 18.8. The molecule has 6 N–H and O–H groups in total. The van der Waals surface area contributed by atoms with Crippen molar-refractivity contribution in [2.45, 2.75) is 214 Å². The number of rotatable bonds is 14. The van der Waals surface area contributed by atoms with E-state index in [1.54, 1.807) is 0 Å². The van der Waals surface area contributed by atoms with Crippen LogP contribution in [0, 0.1) is 92.7 Å². The van der Waals surface area contributed by atoms with Crippen LogP contribution in [0.15, 0.2) is 0 Å². The lowest BCUT2D eigenvalue weighted by molar-refractivity contribution is -0.167. The van der Waals surface area contributed by atoms with Gasteiger partial charge in [-0.3, -0.25) is 19.2 Å². The van der Waals surface area contributed by atoms with Gasteiger partial charge >= 0.3 is 11.9 Å². The van der Waals surface area contributed by atoms with Gasteiger partial charge in [-0.15, -0.1) is 0 Å². The van der Waals surface area contributed by atoms with Crippen LogP contribution in [0.4, 0.5) is 0 Å². The number of hydrogen-bond acceptors (Lipinski definition) is 6. The maximum atomic E-state index is 13.3. The number of carbonyl (C=O) groups excluding carboxylic acids is 2. The molecular formula is C53H86N2O8. The van der Waals surface area contributed by atoms with E-state index in [-0.39, 0.29) is 70.6 Å². The SMILES string of the molecule is C[C@H](CCC(=O)O)[C@H]1CC[C@H]2C3[C@@H](O)CC4CC(NC(=O)CCCC(=O)NC5CC[C@]6(C)C(C5)C[C@@H](O)C5[C@H]7CC[C@@H]([C@@H](C)CCC(=O)O)[C@]7(C)CC[C@H]56)CC[C@]4(C)[C@H]3CC[C@]12C. The van der Waals surface area contributed by atoms with Gasteiger partial charge in [0.25, 0.3) is 0 Å². The monoisotopic (exact) mass is 879 g/mol. The van der Waals surface area contributed by atoms with Crippen molar-refractivity contribution in [3.05, 3.63) is 0 Å². The first-order valence-electron chi connectivity index (χ1n) is 26.2. The second-order valence-corrected chi connectivity index (χ2v) is 24.8. The lowest BCUT2D eigenvalue weighted by atomic mass is 9.43. The number of amides is 2. The zero-order valence-electron chi connectivity index (χ0n) is 39.9. The van der Waals surface area contributed by atoms with Crippen molar-refractivity contribution >= 4 is 23.8 Å². The van der Waals surface area contributed by atoms with E-state index in [4.69, 9.17) is 0 Å². The molecule has 0 spiro atoms. The van der Waals surface area contributed by atoms with E-state index >= 15 is 0 Å². The summed E-state index contributed by atoms with van der Waals surface area (Å²) in [6, 6.07) is 0.214. The molecule has 356 valence electrons. The average Bonchev–Trinajstić information content (AvgIpc) is 3.77. The zero-order chi connectivity index (χ0) is 45.2. The molecule has 8 aliphatic carbocycles. The molecule has 63 heavy (non-hydrogen) atoms. The molecule has 0 aliphatic heterocycles. The van der Waals surface area contributed by atoms with E-state index < -0.39 is 11.9 Å². The molecule has 20 atom stereocenters. The Balaban J connectivity index is 0.775. The van der Waals surface area contributed by atoms with E-state index in [0.717, 1.165) is 116 Å². The molecule has 8 aliphatic rings. The summed E-state index contributed by atoms with van der Waals surface area (Å²) in [5.41, 5.74) is 0.650. The minimum atomic E-state index is -0.709. The van der Waals surface area contributed by atoms with Crippen LogP contribution in [-0.4, -0.2) is 68.5 Å². The summed E-state index contributed by atoms with van der Waals surface area (Å²) >= 11 is 0. The first-order valence-corrected chi connectivity index (χ1v) is 26.2. The van der Waals surface area contributed by atoms with Gasteiger partial charge < -0.3 is 31.1 Å². The number of aliphatic carboxylic acids is 2. The molecular weight excluding hydrogens is 793 g/mol. The van der Waals surface area contributed by atoms with E-state index in [9.17, 15) is 39.6 Å². The van der Waals surface area contributed by atoms with Gasteiger partial charge in [-0.05, 0) is 215 Å². The summed E-state index contributed by atoms with van der Waals surface area (Å²) in [7, 11) is 0. The van der Waals surface area contributed by atoms with Crippen molar-refractivity contribution in [1.82, 2.24) is 10.6 Å². The van der Waals surface area contributed by atoms with Crippen molar-refractivity contribution in [3.63, 3.8) is 0 Å². The number of carboxylic acids is 2. The number of fused-ring (bicyclic) bond motifs is 10. The number of nitrogens with one attached hydrogen (secondary N) is 2. The smallest absolute Gasteiger partial charge is 0.303 e. The van der Waals surface area contributed by atoms with Gasteiger partial charge in [-0.1, -0.05) is 41.5 Å². The van der Waals surface area contributed by atoms with Crippen LogP contribution in [0.2, 0.25) is 0 Å². The van der Waals surface area contributed by atoms with Crippen LogP contribution in [0.25, 0.3) is 0 Å². The maximum absolute atomic E-state index is 13.3. The Labute approximate surface area is 379 Å². The number of carbonyl (C=O) groups is 4. The molecule has 8 fully saturated rings. The molecule has 10 nitrogen and oxygen atoms in total. The Morgan fingerprint density at radius 3 is 1.25 bits per heavy atom. The standard InChI is InChI=1S/C53H86N2O8/c1-30(10-16-46(60)61)36-12-14-38-48-40(20-24-52(36,38)5)50(3)22-18-34(26-32(50)28-42(48)56)54-44(58)8-7-9-45(59)55-35-19-23-51(4)33(27-35)29-43(57)49-39-15-13-37(31(2)11-17-47(62)63)53(39,6)25-21-41(49)51/h30-43,48-49,56-57H,7-29H2,1-6H3,(H,54,58)(H,55,59)(H,60,61)(H,62,63)/t30-,31+,32?,33?,34?,35?,36-,37+,38+,39-,40+,41-,42+,43-,48?,49?,50+,51-,52-,53+. The Kier molecular flexibility index (Phi) is 13.6. The third-order valence-electron chi connectivity index (χ3n) is 22.1.